The van der Waals surface area contributed by atoms with Crippen molar-refractivity contribution in [1.29, 1.82) is 0 Å². The van der Waals surface area contributed by atoms with Crippen molar-refractivity contribution in [2.24, 2.45) is 0 Å². The lowest BCUT2D eigenvalue weighted by Gasteiger charge is -2.09. The van der Waals surface area contributed by atoms with E-state index in [4.69, 9.17) is 25.8 Å². The minimum Gasteiger partial charge on any atom is -0.492 e. The third-order valence-electron chi connectivity index (χ3n) is 3.53. The molecular formula is C18H17ClN2O5. The molecule has 1 heterocycles. The van der Waals surface area contributed by atoms with Gasteiger partial charge >= 0.3 is 0 Å². The number of benzene rings is 2. The Balaban J connectivity index is 1.36. The first-order valence-electron chi connectivity index (χ1n) is 7.95. The van der Waals surface area contributed by atoms with Crippen molar-refractivity contribution in [3.8, 4) is 17.2 Å². The first kappa shape index (κ1) is 17.9. The van der Waals surface area contributed by atoms with Crippen LogP contribution in [-0.4, -0.2) is 38.3 Å². The van der Waals surface area contributed by atoms with E-state index in [0.29, 0.717) is 41.0 Å². The molecule has 26 heavy (non-hydrogen) atoms. The van der Waals surface area contributed by atoms with E-state index in [-0.39, 0.29) is 25.2 Å². The van der Waals surface area contributed by atoms with Crippen LogP contribution in [0.3, 0.4) is 0 Å². The van der Waals surface area contributed by atoms with Gasteiger partial charge in [-0.3, -0.25) is 9.59 Å². The van der Waals surface area contributed by atoms with Crippen LogP contribution in [0.15, 0.2) is 42.5 Å². The number of amides is 2. The fourth-order valence-electron chi connectivity index (χ4n) is 2.28. The molecule has 0 fully saturated rings. The van der Waals surface area contributed by atoms with Crippen molar-refractivity contribution >= 4 is 23.4 Å². The Morgan fingerprint density at radius 3 is 2.77 bits per heavy atom. The molecule has 0 saturated carbocycles. The molecule has 1 aliphatic heterocycles. The Morgan fingerprint density at radius 2 is 1.92 bits per heavy atom. The molecule has 2 amide bonds. The number of halogens is 1. The number of ether oxygens (including phenoxy) is 3. The van der Waals surface area contributed by atoms with E-state index in [0.717, 1.165) is 0 Å². The average Bonchev–Trinajstić information content (AvgIpc) is 3.11. The summed E-state index contributed by atoms with van der Waals surface area (Å²) in [5, 5.41) is 5.79. The van der Waals surface area contributed by atoms with Crippen LogP contribution in [0.1, 0.15) is 10.4 Å². The standard InChI is InChI=1S/C18H17ClN2O5/c19-13-2-1-3-14(9-13)24-7-6-20-17(22)10-21-18(23)12-4-5-15-16(8-12)26-11-25-15/h1-5,8-9H,6-7,10-11H2,(H,20,22)(H,21,23). The second-order valence-corrected chi connectivity index (χ2v) is 5.84. The van der Waals surface area contributed by atoms with Gasteiger partial charge in [-0.05, 0) is 36.4 Å². The van der Waals surface area contributed by atoms with Crippen LogP contribution in [0.4, 0.5) is 0 Å². The monoisotopic (exact) mass is 376 g/mol. The molecule has 0 spiro atoms. The minimum atomic E-state index is -0.367. The lowest BCUT2D eigenvalue weighted by molar-refractivity contribution is -0.120. The molecule has 8 heteroatoms. The van der Waals surface area contributed by atoms with E-state index in [1.807, 2.05) is 0 Å². The van der Waals surface area contributed by atoms with Gasteiger partial charge in [-0.25, -0.2) is 0 Å². The summed E-state index contributed by atoms with van der Waals surface area (Å²) in [6.45, 7) is 0.609. The number of fused-ring (bicyclic) bond motifs is 1. The van der Waals surface area contributed by atoms with E-state index in [1.165, 1.54) is 0 Å². The molecular weight excluding hydrogens is 360 g/mol. The molecule has 0 saturated heterocycles. The van der Waals surface area contributed by atoms with E-state index < -0.39 is 0 Å². The van der Waals surface area contributed by atoms with Gasteiger partial charge in [0, 0.05) is 10.6 Å². The van der Waals surface area contributed by atoms with Gasteiger partial charge < -0.3 is 24.8 Å². The Hall–Kier alpha value is -2.93. The van der Waals surface area contributed by atoms with Crippen molar-refractivity contribution < 1.29 is 23.8 Å². The van der Waals surface area contributed by atoms with Crippen molar-refractivity contribution in [2.75, 3.05) is 26.5 Å². The summed E-state index contributed by atoms with van der Waals surface area (Å²) in [5.41, 5.74) is 0.395. The second-order valence-electron chi connectivity index (χ2n) is 5.41. The summed E-state index contributed by atoms with van der Waals surface area (Å²) >= 11 is 5.86. The predicted molar refractivity (Wildman–Crippen MR) is 94.9 cm³/mol. The number of nitrogens with one attached hydrogen (secondary N) is 2. The number of rotatable bonds is 7. The molecule has 0 bridgehead atoms. The third kappa shape index (κ3) is 4.80. The Morgan fingerprint density at radius 1 is 1.08 bits per heavy atom. The third-order valence-corrected chi connectivity index (χ3v) is 3.77. The van der Waals surface area contributed by atoms with Gasteiger partial charge in [-0.2, -0.15) is 0 Å². The first-order valence-corrected chi connectivity index (χ1v) is 8.32. The molecule has 2 N–H and O–H groups in total. The van der Waals surface area contributed by atoms with Crippen LogP contribution < -0.4 is 24.8 Å². The largest absolute Gasteiger partial charge is 0.492 e. The molecule has 0 radical (unpaired) electrons. The SMILES string of the molecule is O=C(CNC(=O)c1ccc2c(c1)OCO2)NCCOc1cccc(Cl)c1. The summed E-state index contributed by atoms with van der Waals surface area (Å²) in [6, 6.07) is 11.8. The first-order chi connectivity index (χ1) is 12.6. The van der Waals surface area contributed by atoms with Gasteiger partial charge in [0.1, 0.15) is 12.4 Å². The minimum absolute atomic E-state index is 0.134. The van der Waals surface area contributed by atoms with Crippen LogP contribution in [0, 0.1) is 0 Å². The highest BCUT2D eigenvalue weighted by molar-refractivity contribution is 6.30. The summed E-state index contributed by atoms with van der Waals surface area (Å²) in [7, 11) is 0. The van der Waals surface area contributed by atoms with Crippen molar-refractivity contribution in [3.05, 3.63) is 53.1 Å². The molecule has 0 aromatic heterocycles. The van der Waals surface area contributed by atoms with Crippen molar-refractivity contribution in [3.63, 3.8) is 0 Å². The molecule has 7 nitrogen and oxygen atoms in total. The molecule has 1 aliphatic rings. The fraction of sp³-hybridized carbons (Fsp3) is 0.222. The van der Waals surface area contributed by atoms with Gasteiger partial charge in [0.15, 0.2) is 11.5 Å². The van der Waals surface area contributed by atoms with Gasteiger partial charge in [0.2, 0.25) is 12.7 Å². The molecule has 2 aromatic rings. The van der Waals surface area contributed by atoms with Gasteiger partial charge in [0.25, 0.3) is 5.91 Å². The second kappa shape index (κ2) is 8.44. The Labute approximate surface area is 155 Å². The van der Waals surface area contributed by atoms with E-state index in [9.17, 15) is 9.59 Å². The molecule has 136 valence electrons. The molecule has 3 rings (SSSR count). The van der Waals surface area contributed by atoms with Gasteiger partial charge in [-0.1, -0.05) is 17.7 Å². The topological polar surface area (TPSA) is 85.9 Å². The van der Waals surface area contributed by atoms with E-state index >= 15 is 0 Å². The lowest BCUT2D eigenvalue weighted by Crippen LogP contribution is -2.38. The molecule has 0 atom stereocenters. The highest BCUT2D eigenvalue weighted by Gasteiger charge is 2.16. The Kier molecular flexibility index (Phi) is 5.80. The van der Waals surface area contributed by atoms with Crippen LogP contribution in [0.2, 0.25) is 5.02 Å². The maximum absolute atomic E-state index is 12.1. The number of carbonyl (C=O) groups excluding carboxylic acids is 2. The zero-order valence-corrected chi connectivity index (χ0v) is 14.5. The van der Waals surface area contributed by atoms with Crippen LogP contribution in [0.25, 0.3) is 0 Å². The Bertz CT molecular complexity index is 812. The summed E-state index contributed by atoms with van der Waals surface area (Å²) in [4.78, 5) is 23.9. The zero-order chi connectivity index (χ0) is 18.4. The quantitative estimate of drug-likeness (QED) is 0.722. The van der Waals surface area contributed by atoms with Crippen LogP contribution in [-0.2, 0) is 4.79 Å². The molecule has 2 aromatic carbocycles. The fourth-order valence-corrected chi connectivity index (χ4v) is 2.46. The summed E-state index contributed by atoms with van der Waals surface area (Å²) < 4.78 is 15.9. The van der Waals surface area contributed by atoms with Crippen molar-refractivity contribution in [2.45, 2.75) is 0 Å². The zero-order valence-electron chi connectivity index (χ0n) is 13.8. The normalized spacial score (nSPS) is 11.7. The van der Waals surface area contributed by atoms with E-state index in [2.05, 4.69) is 10.6 Å². The highest BCUT2D eigenvalue weighted by Crippen LogP contribution is 2.32. The van der Waals surface area contributed by atoms with Gasteiger partial charge in [-0.15, -0.1) is 0 Å². The summed E-state index contributed by atoms with van der Waals surface area (Å²) in [5.74, 6) is 1.06. The lowest BCUT2D eigenvalue weighted by atomic mass is 10.2. The average molecular weight is 377 g/mol. The number of hydrogen-bond donors (Lipinski definition) is 2. The smallest absolute Gasteiger partial charge is 0.251 e. The maximum atomic E-state index is 12.1. The summed E-state index contributed by atoms with van der Waals surface area (Å²) in [6.07, 6.45) is 0. The molecule has 0 aliphatic carbocycles. The highest BCUT2D eigenvalue weighted by atomic mass is 35.5. The van der Waals surface area contributed by atoms with Crippen LogP contribution >= 0.6 is 11.6 Å². The van der Waals surface area contributed by atoms with E-state index in [1.54, 1.807) is 42.5 Å². The van der Waals surface area contributed by atoms with Gasteiger partial charge in [0.05, 0.1) is 13.1 Å². The maximum Gasteiger partial charge on any atom is 0.251 e. The number of carbonyl (C=O) groups is 2. The van der Waals surface area contributed by atoms with Crippen LogP contribution in [0.5, 0.6) is 17.2 Å². The predicted octanol–water partition coefficient (Wildman–Crippen LogP) is 1.99. The molecule has 0 unspecified atom stereocenters. The number of hydrogen-bond acceptors (Lipinski definition) is 5. The van der Waals surface area contributed by atoms with Crippen molar-refractivity contribution in [1.82, 2.24) is 10.6 Å².